The van der Waals surface area contributed by atoms with Crippen LogP contribution in [0.2, 0.25) is 0 Å². The molecule has 0 aliphatic rings. The van der Waals surface area contributed by atoms with Crippen LogP contribution >= 0.6 is 0 Å². The summed E-state index contributed by atoms with van der Waals surface area (Å²) in [5, 5.41) is 11.9. The van der Waals surface area contributed by atoms with Gasteiger partial charge in [0.25, 0.3) is 5.91 Å². The fraction of sp³-hybridized carbons (Fsp3) is 0.294. The maximum Gasteiger partial charge on any atom is 0.308 e. The van der Waals surface area contributed by atoms with Gasteiger partial charge in [-0.05, 0) is 38.0 Å². The molecule has 2 N–H and O–H groups in total. The number of benzene rings is 1. The number of rotatable bonds is 6. The van der Waals surface area contributed by atoms with Crippen molar-refractivity contribution >= 4 is 11.9 Å². The summed E-state index contributed by atoms with van der Waals surface area (Å²) in [6.07, 6.45) is 0.370. The van der Waals surface area contributed by atoms with E-state index in [1.54, 1.807) is 19.1 Å². The molecule has 0 saturated carbocycles. The Morgan fingerprint density at radius 3 is 2.59 bits per heavy atom. The number of hydrogen-bond donors (Lipinski definition) is 2. The minimum absolute atomic E-state index is 0.0574. The fourth-order valence-corrected chi connectivity index (χ4v) is 2.23. The molecule has 5 heteroatoms. The first-order valence-corrected chi connectivity index (χ1v) is 7.08. The number of aryl methyl sites for hydroxylation is 2. The fourth-order valence-electron chi connectivity index (χ4n) is 2.23. The van der Waals surface area contributed by atoms with Gasteiger partial charge in [-0.1, -0.05) is 29.8 Å². The van der Waals surface area contributed by atoms with E-state index in [4.69, 9.17) is 4.42 Å². The molecule has 22 heavy (non-hydrogen) atoms. The van der Waals surface area contributed by atoms with E-state index >= 15 is 0 Å². The molecule has 0 spiro atoms. The molecule has 1 unspecified atom stereocenters. The van der Waals surface area contributed by atoms with E-state index in [1.807, 2.05) is 31.2 Å². The van der Waals surface area contributed by atoms with Gasteiger partial charge in [0.2, 0.25) is 0 Å². The average Bonchev–Trinajstić information content (AvgIpc) is 2.89. The van der Waals surface area contributed by atoms with E-state index in [2.05, 4.69) is 5.32 Å². The Labute approximate surface area is 129 Å². The van der Waals surface area contributed by atoms with Crippen LogP contribution in [0.1, 0.15) is 27.4 Å². The summed E-state index contributed by atoms with van der Waals surface area (Å²) in [7, 11) is 0. The highest BCUT2D eigenvalue weighted by Gasteiger charge is 2.20. The highest BCUT2D eigenvalue weighted by atomic mass is 16.4. The van der Waals surface area contributed by atoms with Gasteiger partial charge in [-0.15, -0.1) is 0 Å². The lowest BCUT2D eigenvalue weighted by Crippen LogP contribution is -2.34. The van der Waals surface area contributed by atoms with Gasteiger partial charge in [0.1, 0.15) is 5.76 Å². The lowest BCUT2D eigenvalue weighted by Gasteiger charge is -2.13. The molecule has 1 atom stereocenters. The van der Waals surface area contributed by atoms with Gasteiger partial charge in [-0.25, -0.2) is 0 Å². The van der Waals surface area contributed by atoms with Crippen LogP contribution in [0.3, 0.4) is 0 Å². The average molecular weight is 301 g/mol. The molecule has 0 aliphatic carbocycles. The quantitative estimate of drug-likeness (QED) is 0.859. The molecule has 0 aliphatic heterocycles. The molecule has 0 bridgehead atoms. The monoisotopic (exact) mass is 301 g/mol. The molecule has 116 valence electrons. The van der Waals surface area contributed by atoms with Crippen molar-refractivity contribution in [3.63, 3.8) is 0 Å². The second-order valence-electron chi connectivity index (χ2n) is 5.35. The summed E-state index contributed by atoms with van der Waals surface area (Å²) in [5.74, 6) is -1.18. The van der Waals surface area contributed by atoms with E-state index in [0.717, 1.165) is 11.1 Å². The number of furan rings is 1. The summed E-state index contributed by atoms with van der Waals surface area (Å²) in [6, 6.07) is 11.0. The van der Waals surface area contributed by atoms with Crippen LogP contribution in [0, 0.1) is 19.8 Å². The predicted molar refractivity (Wildman–Crippen MR) is 81.8 cm³/mol. The second-order valence-corrected chi connectivity index (χ2v) is 5.35. The highest BCUT2D eigenvalue weighted by molar-refractivity contribution is 5.91. The molecule has 2 rings (SSSR count). The molecule has 1 heterocycles. The number of carbonyl (C=O) groups is 2. The van der Waals surface area contributed by atoms with Crippen LogP contribution in [-0.4, -0.2) is 23.5 Å². The summed E-state index contributed by atoms with van der Waals surface area (Å²) in [5.41, 5.74) is 2.02. The van der Waals surface area contributed by atoms with Crippen molar-refractivity contribution in [1.82, 2.24) is 5.32 Å². The topological polar surface area (TPSA) is 79.5 Å². The predicted octanol–water partition coefficient (Wildman–Crippen LogP) is 2.57. The lowest BCUT2D eigenvalue weighted by molar-refractivity contribution is -0.141. The van der Waals surface area contributed by atoms with Gasteiger partial charge in [-0.3, -0.25) is 9.59 Å². The first-order chi connectivity index (χ1) is 10.5. The molecule has 2 aromatic rings. The zero-order valence-electron chi connectivity index (χ0n) is 12.6. The Hall–Kier alpha value is -2.56. The summed E-state index contributed by atoms with van der Waals surface area (Å²) < 4.78 is 5.21. The van der Waals surface area contributed by atoms with E-state index in [9.17, 15) is 14.7 Å². The van der Waals surface area contributed by atoms with Crippen LogP contribution in [-0.2, 0) is 11.2 Å². The summed E-state index contributed by atoms with van der Waals surface area (Å²) in [4.78, 5) is 23.3. The van der Waals surface area contributed by atoms with Crippen molar-refractivity contribution in [2.45, 2.75) is 20.3 Å². The first-order valence-electron chi connectivity index (χ1n) is 7.08. The number of carboxylic acids is 1. The molecule has 1 aromatic carbocycles. The standard InChI is InChI=1S/C17H19NO4/c1-11-4-3-5-13(8-11)9-14(17(20)21)10-18-16(19)15-7-6-12(2)22-15/h3-8,14H,9-10H2,1-2H3,(H,18,19)(H,20,21). The van der Waals surface area contributed by atoms with Gasteiger partial charge in [0, 0.05) is 6.54 Å². The van der Waals surface area contributed by atoms with Crippen molar-refractivity contribution in [1.29, 1.82) is 0 Å². The zero-order valence-corrected chi connectivity index (χ0v) is 12.6. The molecule has 1 amide bonds. The Bertz CT molecular complexity index is 675. The number of amides is 1. The summed E-state index contributed by atoms with van der Waals surface area (Å²) >= 11 is 0. The van der Waals surface area contributed by atoms with Crippen LogP contribution in [0.4, 0.5) is 0 Å². The maximum absolute atomic E-state index is 11.9. The third-order valence-corrected chi connectivity index (χ3v) is 3.39. The van der Waals surface area contributed by atoms with Gasteiger partial charge in [0.15, 0.2) is 5.76 Å². The van der Waals surface area contributed by atoms with E-state index in [0.29, 0.717) is 12.2 Å². The van der Waals surface area contributed by atoms with Crippen molar-refractivity contribution in [2.24, 2.45) is 5.92 Å². The number of aliphatic carboxylic acids is 1. The van der Waals surface area contributed by atoms with Crippen LogP contribution in [0.5, 0.6) is 0 Å². The normalized spacial score (nSPS) is 11.9. The minimum atomic E-state index is -0.933. The minimum Gasteiger partial charge on any atom is -0.481 e. The van der Waals surface area contributed by atoms with Gasteiger partial charge < -0.3 is 14.8 Å². The van der Waals surface area contributed by atoms with Gasteiger partial charge >= 0.3 is 5.97 Å². The largest absolute Gasteiger partial charge is 0.481 e. The molecule has 0 fully saturated rings. The van der Waals surface area contributed by atoms with Crippen molar-refractivity contribution in [3.8, 4) is 0 Å². The Morgan fingerprint density at radius 1 is 1.23 bits per heavy atom. The molecule has 5 nitrogen and oxygen atoms in total. The third-order valence-electron chi connectivity index (χ3n) is 3.39. The zero-order chi connectivity index (χ0) is 16.1. The summed E-state index contributed by atoms with van der Waals surface area (Å²) in [6.45, 7) is 3.76. The lowest BCUT2D eigenvalue weighted by atomic mass is 9.98. The van der Waals surface area contributed by atoms with Gasteiger partial charge in [-0.2, -0.15) is 0 Å². The SMILES string of the molecule is Cc1cccc(CC(CNC(=O)c2ccc(C)o2)C(=O)O)c1. The van der Waals surface area contributed by atoms with Crippen molar-refractivity contribution < 1.29 is 19.1 Å². The van der Waals surface area contributed by atoms with Crippen LogP contribution in [0.15, 0.2) is 40.8 Å². The molecular weight excluding hydrogens is 282 g/mol. The molecule has 0 saturated heterocycles. The molecule has 1 aromatic heterocycles. The molecule has 0 radical (unpaired) electrons. The highest BCUT2D eigenvalue weighted by Crippen LogP contribution is 2.12. The number of nitrogens with one attached hydrogen (secondary N) is 1. The number of carbonyl (C=O) groups excluding carboxylic acids is 1. The Balaban J connectivity index is 1.97. The maximum atomic E-state index is 11.9. The Morgan fingerprint density at radius 2 is 2.00 bits per heavy atom. The van der Waals surface area contributed by atoms with Crippen LogP contribution in [0.25, 0.3) is 0 Å². The van der Waals surface area contributed by atoms with Crippen LogP contribution < -0.4 is 5.32 Å². The van der Waals surface area contributed by atoms with E-state index < -0.39 is 17.8 Å². The van der Waals surface area contributed by atoms with Gasteiger partial charge in [0.05, 0.1) is 5.92 Å². The number of hydrogen-bond acceptors (Lipinski definition) is 3. The molecular formula is C17H19NO4. The first kappa shape index (κ1) is 15.8. The van der Waals surface area contributed by atoms with Crippen molar-refractivity contribution in [3.05, 3.63) is 59.0 Å². The van der Waals surface area contributed by atoms with E-state index in [1.165, 1.54) is 0 Å². The number of carboxylic acid groups (broad SMARTS) is 1. The Kier molecular flexibility index (Phi) is 4.99. The third kappa shape index (κ3) is 4.22. The van der Waals surface area contributed by atoms with E-state index in [-0.39, 0.29) is 12.3 Å². The smallest absolute Gasteiger partial charge is 0.308 e. The second kappa shape index (κ2) is 6.93. The van der Waals surface area contributed by atoms with Crippen molar-refractivity contribution in [2.75, 3.05) is 6.54 Å².